The number of rotatable bonds is 8. The van der Waals surface area contributed by atoms with E-state index in [1.54, 1.807) is 0 Å². The third-order valence-corrected chi connectivity index (χ3v) is 5.80. The van der Waals surface area contributed by atoms with Crippen molar-refractivity contribution >= 4 is 12.6 Å². The van der Waals surface area contributed by atoms with Crippen LogP contribution in [0.25, 0.3) is 0 Å². The number of hydrogen-bond acceptors (Lipinski definition) is 5. The van der Waals surface area contributed by atoms with Crippen LogP contribution in [0, 0.1) is 17.8 Å². The van der Waals surface area contributed by atoms with Crippen molar-refractivity contribution in [2.75, 3.05) is 6.61 Å². The van der Waals surface area contributed by atoms with Gasteiger partial charge in [-0.15, -0.1) is 5.10 Å². The molecular weight excluding hydrogens is 386 g/mol. The molecule has 0 heterocycles. The van der Waals surface area contributed by atoms with E-state index in [4.69, 9.17) is 10.5 Å². The Morgan fingerprint density at radius 3 is 2.81 bits per heavy atom. The van der Waals surface area contributed by atoms with E-state index in [1.807, 2.05) is 6.08 Å². The molecule has 2 atom stereocenters. The Bertz CT molecular complexity index is 953. The smallest absolute Gasteiger partial charge is 0.240 e. The van der Waals surface area contributed by atoms with Gasteiger partial charge < -0.3 is 15.6 Å². The Morgan fingerprint density at radius 1 is 1.32 bits per heavy atom. The number of ether oxygens (including phenoxy) is 1. The molecule has 0 amide bonds. The van der Waals surface area contributed by atoms with Crippen molar-refractivity contribution in [3.05, 3.63) is 82.6 Å². The molecule has 5 nitrogen and oxygen atoms in total. The van der Waals surface area contributed by atoms with Crippen LogP contribution in [-0.2, 0) is 24.2 Å². The highest BCUT2D eigenvalue weighted by Gasteiger charge is 2.25. The zero-order chi connectivity index (χ0) is 22.4. The van der Waals surface area contributed by atoms with Crippen molar-refractivity contribution in [1.82, 2.24) is 0 Å². The predicted molar refractivity (Wildman–Crippen MR) is 128 cm³/mol. The zero-order valence-electron chi connectivity index (χ0n) is 18.6. The maximum atomic E-state index is 9.44. The van der Waals surface area contributed by atoms with Gasteiger partial charge in [-0.3, -0.25) is 0 Å². The van der Waals surface area contributed by atoms with Crippen LogP contribution < -0.4 is 5.73 Å². The summed E-state index contributed by atoms with van der Waals surface area (Å²) in [5.41, 5.74) is 12.2. The van der Waals surface area contributed by atoms with E-state index in [2.05, 4.69) is 73.8 Å². The van der Waals surface area contributed by atoms with Gasteiger partial charge in [-0.25, -0.2) is 0 Å². The van der Waals surface area contributed by atoms with Gasteiger partial charge in [-0.1, -0.05) is 62.9 Å². The Kier molecular flexibility index (Phi) is 7.64. The van der Waals surface area contributed by atoms with Crippen molar-refractivity contribution in [3.8, 4) is 0 Å². The molecule has 0 fully saturated rings. The van der Waals surface area contributed by atoms with E-state index in [0.717, 1.165) is 36.0 Å². The lowest BCUT2D eigenvalue weighted by atomic mass is 9.79. The van der Waals surface area contributed by atoms with Gasteiger partial charge in [-0.05, 0) is 53.4 Å². The highest BCUT2D eigenvalue weighted by Crippen LogP contribution is 2.32. The quantitative estimate of drug-likeness (QED) is 0.282. The molecule has 0 spiro atoms. The Balaban J connectivity index is 1.74. The largest absolute Gasteiger partial charge is 0.471 e. The summed E-state index contributed by atoms with van der Waals surface area (Å²) in [4.78, 5) is 0. The molecule has 1 aromatic carbocycles. The number of fused-ring (bicyclic) bond motifs is 1. The first kappa shape index (κ1) is 22.8. The number of aliphatic hydroxyl groups excluding tert-OH is 1. The van der Waals surface area contributed by atoms with Gasteiger partial charge in [0.05, 0.1) is 6.61 Å². The van der Waals surface area contributed by atoms with Gasteiger partial charge in [0.15, 0.2) is 0 Å². The number of allylic oxidation sites excluding steroid dienone is 3. The Labute approximate surface area is 185 Å². The second kappa shape index (κ2) is 10.4. The molecule has 5 heteroatoms. The monoisotopic (exact) mass is 419 g/mol. The topological polar surface area (TPSA) is 80.2 Å². The molecule has 0 radical (unpaired) electrons. The SMILES string of the molecule is C=N/N=C(\OCc1ccc2c(c1)CC(CO)=CC2)C1=CC(C(=C)N)C(CC(C)C)C=C1. The predicted octanol–water partition coefficient (Wildman–Crippen LogP) is 4.48. The highest BCUT2D eigenvalue weighted by atomic mass is 16.5. The standard InChI is InChI=1S/C26H33N3O2/c1-17(2)11-22-9-10-23(14-25(22)18(3)27)26(29-28-4)31-16-20-6-8-21-7-5-19(15-30)12-24(21)13-20/h5-6,8-10,13-14,17,22,25,30H,3-4,7,11-12,15-16,27H2,1-2H3/b29-26-. The third-order valence-electron chi connectivity index (χ3n) is 5.80. The molecule has 2 unspecified atom stereocenters. The zero-order valence-corrected chi connectivity index (χ0v) is 18.6. The van der Waals surface area contributed by atoms with Crippen LogP contribution in [0.1, 0.15) is 37.0 Å². The number of benzene rings is 1. The van der Waals surface area contributed by atoms with E-state index in [9.17, 15) is 5.11 Å². The third kappa shape index (κ3) is 5.82. The van der Waals surface area contributed by atoms with Crippen LogP contribution in [0.2, 0.25) is 0 Å². The number of nitrogens with zero attached hydrogens (tertiary/aromatic N) is 2. The van der Waals surface area contributed by atoms with E-state index >= 15 is 0 Å². The second-order valence-corrected chi connectivity index (χ2v) is 8.71. The molecule has 0 aromatic heterocycles. The van der Waals surface area contributed by atoms with Gasteiger partial charge in [0.1, 0.15) is 6.61 Å². The molecule has 0 saturated heterocycles. The first-order chi connectivity index (χ1) is 14.9. The van der Waals surface area contributed by atoms with Crippen molar-refractivity contribution in [2.24, 2.45) is 33.7 Å². The van der Waals surface area contributed by atoms with E-state index < -0.39 is 0 Å². The van der Waals surface area contributed by atoms with Gasteiger partial charge in [0.2, 0.25) is 5.90 Å². The molecule has 0 saturated carbocycles. The maximum absolute atomic E-state index is 9.44. The minimum absolute atomic E-state index is 0.0356. The molecule has 0 aliphatic heterocycles. The second-order valence-electron chi connectivity index (χ2n) is 8.71. The fourth-order valence-corrected chi connectivity index (χ4v) is 4.22. The minimum Gasteiger partial charge on any atom is -0.471 e. The van der Waals surface area contributed by atoms with E-state index in [-0.39, 0.29) is 12.5 Å². The number of nitrogens with two attached hydrogens (primary N) is 1. The molecule has 1 aromatic rings. The molecule has 3 rings (SSSR count). The fourth-order valence-electron chi connectivity index (χ4n) is 4.22. The summed E-state index contributed by atoms with van der Waals surface area (Å²) in [6.07, 6.45) is 11.1. The summed E-state index contributed by atoms with van der Waals surface area (Å²) >= 11 is 0. The number of aliphatic hydroxyl groups is 1. The lowest BCUT2D eigenvalue weighted by molar-refractivity contribution is 0.291. The molecular formula is C26H33N3O2. The highest BCUT2D eigenvalue weighted by molar-refractivity contribution is 5.96. The fraction of sp³-hybridized carbons (Fsp3) is 0.385. The average Bonchev–Trinajstić information content (AvgIpc) is 2.75. The van der Waals surface area contributed by atoms with E-state index in [0.29, 0.717) is 30.0 Å². The molecule has 3 N–H and O–H groups in total. The van der Waals surface area contributed by atoms with Crippen molar-refractivity contribution in [2.45, 2.75) is 39.7 Å². The van der Waals surface area contributed by atoms with Crippen molar-refractivity contribution in [3.63, 3.8) is 0 Å². The van der Waals surface area contributed by atoms with E-state index in [1.165, 1.54) is 11.1 Å². The molecule has 0 bridgehead atoms. The lowest BCUT2D eigenvalue weighted by Crippen LogP contribution is -2.23. The molecule has 2 aliphatic carbocycles. The molecule has 164 valence electrons. The van der Waals surface area contributed by atoms with Crippen molar-refractivity contribution in [1.29, 1.82) is 0 Å². The minimum atomic E-state index is 0.0356. The van der Waals surface area contributed by atoms with Crippen LogP contribution in [0.3, 0.4) is 0 Å². The van der Waals surface area contributed by atoms with Crippen molar-refractivity contribution < 1.29 is 9.84 Å². The summed E-state index contributed by atoms with van der Waals surface area (Å²) in [6.45, 7) is 12.4. The number of hydrogen-bond donors (Lipinski definition) is 2. The van der Waals surface area contributed by atoms with Crippen LogP contribution in [0.15, 0.2) is 76.1 Å². The summed E-state index contributed by atoms with van der Waals surface area (Å²) < 4.78 is 6.06. The van der Waals surface area contributed by atoms with Gasteiger partial charge >= 0.3 is 0 Å². The summed E-state index contributed by atoms with van der Waals surface area (Å²) in [5.74, 6) is 1.34. The summed E-state index contributed by atoms with van der Waals surface area (Å²) in [7, 11) is 0. The molecule has 31 heavy (non-hydrogen) atoms. The van der Waals surface area contributed by atoms with Crippen LogP contribution in [-0.4, -0.2) is 24.3 Å². The van der Waals surface area contributed by atoms with Gasteiger partial charge in [-0.2, -0.15) is 5.10 Å². The summed E-state index contributed by atoms with van der Waals surface area (Å²) in [6, 6.07) is 6.35. The Morgan fingerprint density at radius 2 is 2.13 bits per heavy atom. The van der Waals surface area contributed by atoms with Crippen LogP contribution >= 0.6 is 0 Å². The first-order valence-corrected chi connectivity index (χ1v) is 10.8. The normalized spacial score (nSPS) is 20.7. The van der Waals surface area contributed by atoms with Gasteiger partial charge in [0.25, 0.3) is 0 Å². The van der Waals surface area contributed by atoms with Crippen LogP contribution in [0.5, 0.6) is 0 Å². The van der Waals surface area contributed by atoms with Gasteiger partial charge in [0, 0.05) is 23.9 Å². The molecule has 2 aliphatic rings. The lowest BCUT2D eigenvalue weighted by Gasteiger charge is -2.27. The summed E-state index contributed by atoms with van der Waals surface area (Å²) in [5, 5.41) is 17.3. The maximum Gasteiger partial charge on any atom is 0.240 e. The average molecular weight is 420 g/mol. The van der Waals surface area contributed by atoms with Crippen LogP contribution in [0.4, 0.5) is 0 Å². The Hall–Kier alpha value is -2.92. The first-order valence-electron chi connectivity index (χ1n) is 10.8.